The number of rotatable bonds is 3. The molecule has 1 aromatic carbocycles. The van der Waals surface area contributed by atoms with Gasteiger partial charge in [-0.2, -0.15) is 0 Å². The fraction of sp³-hybridized carbons (Fsp3) is 0.333. The van der Waals surface area contributed by atoms with E-state index in [2.05, 4.69) is 5.32 Å². The molecule has 0 aliphatic carbocycles. The van der Waals surface area contributed by atoms with Gasteiger partial charge in [-0.15, -0.1) is 0 Å². The van der Waals surface area contributed by atoms with Gasteiger partial charge in [-0.1, -0.05) is 0 Å². The van der Waals surface area contributed by atoms with Gasteiger partial charge in [0, 0.05) is 12.7 Å². The van der Waals surface area contributed by atoms with Crippen LogP contribution in [0.5, 0.6) is 0 Å². The Balaban J connectivity index is 2.21. The summed E-state index contributed by atoms with van der Waals surface area (Å²) >= 11 is 0. The highest BCUT2D eigenvalue weighted by Gasteiger charge is 2.25. The minimum Gasteiger partial charge on any atom is -0.478 e. The Morgan fingerprint density at radius 1 is 1.32 bits per heavy atom. The van der Waals surface area contributed by atoms with Gasteiger partial charge in [0.1, 0.15) is 17.7 Å². The van der Waals surface area contributed by atoms with Crippen LogP contribution in [-0.2, 0) is 9.53 Å². The summed E-state index contributed by atoms with van der Waals surface area (Å²) in [4.78, 5) is 22.4. The van der Waals surface area contributed by atoms with E-state index < -0.39 is 35.2 Å². The maximum absolute atomic E-state index is 13.5. The van der Waals surface area contributed by atoms with Gasteiger partial charge in [-0.05, 0) is 18.9 Å². The van der Waals surface area contributed by atoms with Crippen LogP contribution in [0.3, 0.4) is 0 Å². The van der Waals surface area contributed by atoms with E-state index in [0.29, 0.717) is 19.1 Å². The van der Waals surface area contributed by atoms with Crippen molar-refractivity contribution in [3.8, 4) is 0 Å². The second-order valence-corrected chi connectivity index (χ2v) is 4.11. The summed E-state index contributed by atoms with van der Waals surface area (Å²) in [6.45, 7) is 0.449. The van der Waals surface area contributed by atoms with Crippen molar-refractivity contribution in [2.45, 2.75) is 18.9 Å². The van der Waals surface area contributed by atoms with Crippen LogP contribution >= 0.6 is 0 Å². The Morgan fingerprint density at radius 3 is 2.63 bits per heavy atom. The van der Waals surface area contributed by atoms with Crippen LogP contribution < -0.4 is 5.32 Å². The Hall–Kier alpha value is -2.02. The lowest BCUT2D eigenvalue weighted by Crippen LogP contribution is -2.27. The van der Waals surface area contributed by atoms with Crippen molar-refractivity contribution in [3.63, 3.8) is 0 Å². The number of hydrogen-bond acceptors (Lipinski definition) is 3. The lowest BCUT2D eigenvalue weighted by molar-refractivity contribution is -0.124. The normalized spacial score (nSPS) is 18.3. The van der Waals surface area contributed by atoms with Gasteiger partial charge < -0.3 is 15.2 Å². The first-order valence-electron chi connectivity index (χ1n) is 5.64. The predicted octanol–water partition coefficient (Wildman–Crippen LogP) is 1.78. The molecule has 1 aliphatic heterocycles. The third-order valence-corrected chi connectivity index (χ3v) is 2.77. The summed E-state index contributed by atoms with van der Waals surface area (Å²) in [5.41, 5.74) is -1.08. The quantitative estimate of drug-likeness (QED) is 0.878. The second-order valence-electron chi connectivity index (χ2n) is 4.11. The lowest BCUT2D eigenvalue weighted by atomic mass is 10.1. The molecule has 1 amide bonds. The summed E-state index contributed by atoms with van der Waals surface area (Å²) < 4.78 is 31.7. The van der Waals surface area contributed by atoms with Crippen molar-refractivity contribution < 1.29 is 28.2 Å². The molecule has 19 heavy (non-hydrogen) atoms. The summed E-state index contributed by atoms with van der Waals surface area (Å²) in [5.74, 6) is -4.33. The first-order chi connectivity index (χ1) is 8.99. The number of benzene rings is 1. The Labute approximate surface area is 107 Å². The molecule has 0 radical (unpaired) electrons. The van der Waals surface area contributed by atoms with Crippen molar-refractivity contribution in [3.05, 3.63) is 29.3 Å². The smallest absolute Gasteiger partial charge is 0.338 e. The molecule has 1 aromatic rings. The van der Waals surface area contributed by atoms with Gasteiger partial charge in [0.05, 0.1) is 11.3 Å². The van der Waals surface area contributed by atoms with Gasteiger partial charge in [-0.25, -0.2) is 13.6 Å². The average molecular weight is 271 g/mol. The SMILES string of the molecule is O=C(O)c1cc(NC(=O)[C@@H]2CCCO2)c(F)cc1F. The average Bonchev–Trinajstić information content (AvgIpc) is 2.85. The largest absolute Gasteiger partial charge is 0.478 e. The van der Waals surface area contributed by atoms with Crippen molar-refractivity contribution >= 4 is 17.6 Å². The molecular formula is C12H11F2NO4. The zero-order valence-corrected chi connectivity index (χ0v) is 9.78. The third kappa shape index (κ3) is 2.87. The number of carboxylic acid groups (broad SMARTS) is 1. The Morgan fingerprint density at radius 2 is 2.05 bits per heavy atom. The minimum absolute atomic E-state index is 0.376. The molecule has 1 fully saturated rings. The van der Waals surface area contributed by atoms with Crippen molar-refractivity contribution in [2.75, 3.05) is 11.9 Å². The highest BCUT2D eigenvalue weighted by atomic mass is 19.1. The standard InChI is InChI=1S/C12H11F2NO4/c13-7-5-8(14)9(4-6(7)12(17)18)15-11(16)10-2-1-3-19-10/h4-5,10H,1-3H2,(H,15,16)(H,17,18)/t10-/m0/s1. The fourth-order valence-electron chi connectivity index (χ4n) is 1.81. The topological polar surface area (TPSA) is 75.6 Å². The highest BCUT2D eigenvalue weighted by molar-refractivity contribution is 5.96. The maximum Gasteiger partial charge on any atom is 0.338 e. The predicted molar refractivity (Wildman–Crippen MR) is 60.9 cm³/mol. The molecule has 1 heterocycles. The van der Waals surface area contributed by atoms with Gasteiger partial charge in [0.2, 0.25) is 0 Å². The molecule has 102 valence electrons. The molecule has 2 rings (SSSR count). The molecule has 0 aromatic heterocycles. The Bertz CT molecular complexity index is 527. The fourth-order valence-corrected chi connectivity index (χ4v) is 1.81. The van der Waals surface area contributed by atoms with Crippen LogP contribution in [0, 0.1) is 11.6 Å². The molecule has 1 aliphatic rings. The third-order valence-electron chi connectivity index (χ3n) is 2.77. The molecule has 5 nitrogen and oxygen atoms in total. The number of carbonyl (C=O) groups is 2. The molecule has 2 N–H and O–H groups in total. The van der Waals surface area contributed by atoms with Crippen LogP contribution in [0.15, 0.2) is 12.1 Å². The van der Waals surface area contributed by atoms with E-state index in [-0.39, 0.29) is 5.69 Å². The summed E-state index contributed by atoms with van der Waals surface area (Å²) in [6, 6.07) is 1.18. The lowest BCUT2D eigenvalue weighted by Gasteiger charge is -2.11. The second kappa shape index (κ2) is 5.31. The zero-order chi connectivity index (χ0) is 14.0. The van der Waals surface area contributed by atoms with E-state index in [0.717, 1.165) is 12.5 Å². The van der Waals surface area contributed by atoms with Crippen LogP contribution in [-0.4, -0.2) is 29.7 Å². The number of halogens is 2. The number of anilines is 1. The summed E-state index contributed by atoms with van der Waals surface area (Å²) in [7, 11) is 0. The maximum atomic E-state index is 13.5. The molecule has 1 atom stereocenters. The van der Waals surface area contributed by atoms with E-state index in [4.69, 9.17) is 9.84 Å². The molecule has 0 bridgehead atoms. The zero-order valence-electron chi connectivity index (χ0n) is 9.78. The number of aromatic carboxylic acids is 1. The molecule has 7 heteroatoms. The first kappa shape index (κ1) is 13.4. The molecule has 1 saturated heterocycles. The van der Waals surface area contributed by atoms with Crippen molar-refractivity contribution in [1.29, 1.82) is 0 Å². The number of amides is 1. The van der Waals surface area contributed by atoms with Gasteiger partial charge >= 0.3 is 5.97 Å². The summed E-state index contributed by atoms with van der Waals surface area (Å²) in [6.07, 6.45) is 0.558. The van der Waals surface area contributed by atoms with Gasteiger partial charge in [-0.3, -0.25) is 4.79 Å². The van der Waals surface area contributed by atoms with Crippen LogP contribution in [0.25, 0.3) is 0 Å². The number of ether oxygens (including phenoxy) is 1. The highest BCUT2D eigenvalue weighted by Crippen LogP contribution is 2.21. The number of hydrogen-bond donors (Lipinski definition) is 2. The first-order valence-corrected chi connectivity index (χ1v) is 5.64. The number of carboxylic acids is 1. The van der Waals surface area contributed by atoms with Gasteiger partial charge in [0.25, 0.3) is 5.91 Å². The number of carbonyl (C=O) groups excluding carboxylic acids is 1. The van der Waals surface area contributed by atoms with E-state index in [1.807, 2.05) is 0 Å². The van der Waals surface area contributed by atoms with Crippen LogP contribution in [0.4, 0.5) is 14.5 Å². The molecule has 0 saturated carbocycles. The van der Waals surface area contributed by atoms with Crippen LogP contribution in [0.1, 0.15) is 23.2 Å². The van der Waals surface area contributed by atoms with E-state index in [9.17, 15) is 18.4 Å². The molecular weight excluding hydrogens is 260 g/mol. The monoisotopic (exact) mass is 271 g/mol. The molecule has 0 unspecified atom stereocenters. The van der Waals surface area contributed by atoms with E-state index in [1.165, 1.54) is 0 Å². The molecule has 0 spiro atoms. The van der Waals surface area contributed by atoms with E-state index in [1.54, 1.807) is 0 Å². The van der Waals surface area contributed by atoms with Crippen LogP contribution in [0.2, 0.25) is 0 Å². The van der Waals surface area contributed by atoms with Crippen molar-refractivity contribution in [2.24, 2.45) is 0 Å². The summed E-state index contributed by atoms with van der Waals surface area (Å²) in [5, 5.41) is 10.9. The Kier molecular flexibility index (Phi) is 3.75. The minimum atomic E-state index is -1.54. The van der Waals surface area contributed by atoms with Crippen molar-refractivity contribution in [1.82, 2.24) is 0 Å². The number of nitrogens with one attached hydrogen (secondary N) is 1. The van der Waals surface area contributed by atoms with E-state index >= 15 is 0 Å². The van der Waals surface area contributed by atoms with Gasteiger partial charge in [0.15, 0.2) is 0 Å².